The number of benzene rings is 2. The largest absolute Gasteiger partial charge is 0.493 e. The van der Waals surface area contributed by atoms with Gasteiger partial charge in [0.2, 0.25) is 0 Å². The molecule has 1 aliphatic rings. The van der Waals surface area contributed by atoms with Gasteiger partial charge in [0.1, 0.15) is 5.75 Å². The molecule has 0 radical (unpaired) electrons. The Hall–Kier alpha value is -1.80. The van der Waals surface area contributed by atoms with Gasteiger partial charge in [-0.05, 0) is 50.1 Å². The van der Waals surface area contributed by atoms with Crippen LogP contribution >= 0.6 is 0 Å². The van der Waals surface area contributed by atoms with Crippen molar-refractivity contribution >= 4 is 0 Å². The van der Waals surface area contributed by atoms with E-state index in [1.54, 1.807) is 0 Å². The number of fused-ring (bicyclic) bond motifs is 1. The summed E-state index contributed by atoms with van der Waals surface area (Å²) in [6.45, 7) is 7.35. The molecule has 2 aromatic carbocycles. The fourth-order valence-electron chi connectivity index (χ4n) is 3.57. The molecule has 2 aromatic rings. The van der Waals surface area contributed by atoms with Crippen LogP contribution in [-0.4, -0.2) is 13.7 Å². The van der Waals surface area contributed by atoms with Crippen LogP contribution in [0.15, 0.2) is 30.3 Å². The molecule has 0 fully saturated rings. The average Bonchev–Trinajstić information content (AvgIpc) is 2.91. The van der Waals surface area contributed by atoms with Crippen LogP contribution in [0.2, 0.25) is 0 Å². The minimum Gasteiger partial charge on any atom is -0.493 e. The Balaban J connectivity index is 2.14. The molecule has 1 N–H and O–H groups in total. The molecule has 0 bridgehead atoms. The quantitative estimate of drug-likeness (QED) is 0.922. The number of nitrogens with one attached hydrogen (secondary N) is 1. The van der Waals surface area contributed by atoms with Crippen molar-refractivity contribution in [3.8, 4) is 5.75 Å². The molecule has 3 rings (SSSR count). The van der Waals surface area contributed by atoms with Crippen molar-refractivity contribution in [2.24, 2.45) is 0 Å². The predicted molar refractivity (Wildman–Crippen MR) is 87.2 cm³/mol. The van der Waals surface area contributed by atoms with E-state index in [9.17, 15) is 0 Å². The van der Waals surface area contributed by atoms with Gasteiger partial charge in [-0.15, -0.1) is 0 Å². The zero-order valence-electron chi connectivity index (χ0n) is 13.3. The van der Waals surface area contributed by atoms with Gasteiger partial charge < -0.3 is 10.1 Å². The van der Waals surface area contributed by atoms with Crippen LogP contribution in [0.25, 0.3) is 0 Å². The Morgan fingerprint density at radius 1 is 1.10 bits per heavy atom. The van der Waals surface area contributed by atoms with Gasteiger partial charge >= 0.3 is 0 Å². The van der Waals surface area contributed by atoms with Crippen molar-refractivity contribution < 1.29 is 4.74 Å². The first-order valence-electron chi connectivity index (χ1n) is 7.61. The van der Waals surface area contributed by atoms with E-state index in [1.165, 1.54) is 33.4 Å². The highest BCUT2D eigenvalue weighted by molar-refractivity contribution is 5.52. The second kappa shape index (κ2) is 5.53. The third kappa shape index (κ3) is 2.44. The summed E-state index contributed by atoms with van der Waals surface area (Å²) in [5.74, 6) is 1.08. The Labute approximate surface area is 127 Å². The van der Waals surface area contributed by atoms with Crippen LogP contribution in [-0.2, 0) is 6.42 Å². The lowest BCUT2D eigenvalue weighted by atomic mass is 9.89. The van der Waals surface area contributed by atoms with Gasteiger partial charge in [0.25, 0.3) is 0 Å². The molecule has 2 nitrogen and oxygen atoms in total. The summed E-state index contributed by atoms with van der Waals surface area (Å²) in [6, 6.07) is 11.2. The SMILES string of the molecule is CNC(c1cccc2c1OCC2)c1c(C)cc(C)cc1C. The van der Waals surface area contributed by atoms with Crippen LogP contribution in [0.5, 0.6) is 5.75 Å². The maximum Gasteiger partial charge on any atom is 0.127 e. The van der Waals surface area contributed by atoms with E-state index in [-0.39, 0.29) is 6.04 Å². The van der Waals surface area contributed by atoms with Crippen molar-refractivity contribution in [3.63, 3.8) is 0 Å². The van der Waals surface area contributed by atoms with Gasteiger partial charge in [-0.2, -0.15) is 0 Å². The summed E-state index contributed by atoms with van der Waals surface area (Å²) in [5, 5.41) is 3.49. The third-order valence-electron chi connectivity index (χ3n) is 4.37. The van der Waals surface area contributed by atoms with Crippen molar-refractivity contribution in [3.05, 3.63) is 63.7 Å². The van der Waals surface area contributed by atoms with E-state index in [2.05, 4.69) is 56.4 Å². The highest BCUT2D eigenvalue weighted by Crippen LogP contribution is 2.38. The fraction of sp³-hybridized carbons (Fsp3) is 0.368. The van der Waals surface area contributed by atoms with Crippen LogP contribution in [0.3, 0.4) is 0 Å². The maximum atomic E-state index is 5.90. The molecular weight excluding hydrogens is 258 g/mol. The zero-order chi connectivity index (χ0) is 15.0. The van der Waals surface area contributed by atoms with Gasteiger partial charge in [-0.3, -0.25) is 0 Å². The standard InChI is InChI=1S/C19H23NO/c1-12-10-13(2)17(14(3)11-12)18(20-4)16-7-5-6-15-8-9-21-19(15)16/h5-7,10-11,18,20H,8-9H2,1-4H3. The molecular formula is C19H23NO. The maximum absolute atomic E-state index is 5.90. The minimum absolute atomic E-state index is 0.179. The normalized spacial score (nSPS) is 14.7. The van der Waals surface area contributed by atoms with Crippen molar-refractivity contribution in [1.82, 2.24) is 5.32 Å². The number of hydrogen-bond acceptors (Lipinski definition) is 2. The molecule has 21 heavy (non-hydrogen) atoms. The fourth-order valence-corrected chi connectivity index (χ4v) is 3.57. The molecule has 1 unspecified atom stereocenters. The molecule has 0 amide bonds. The lowest BCUT2D eigenvalue weighted by Gasteiger charge is -2.24. The molecule has 0 aromatic heterocycles. The van der Waals surface area contributed by atoms with Gasteiger partial charge in [0.05, 0.1) is 12.6 Å². The second-order valence-corrected chi connectivity index (χ2v) is 5.97. The van der Waals surface area contributed by atoms with Gasteiger partial charge in [-0.1, -0.05) is 35.9 Å². The molecule has 1 atom stereocenters. The van der Waals surface area contributed by atoms with Gasteiger partial charge in [0.15, 0.2) is 0 Å². The molecule has 0 aliphatic carbocycles. The molecule has 0 saturated carbocycles. The lowest BCUT2D eigenvalue weighted by molar-refractivity contribution is 0.351. The summed E-state index contributed by atoms with van der Waals surface area (Å²) < 4.78 is 5.90. The number of ether oxygens (including phenoxy) is 1. The zero-order valence-corrected chi connectivity index (χ0v) is 13.3. The Morgan fingerprint density at radius 2 is 1.81 bits per heavy atom. The Kier molecular flexibility index (Phi) is 3.73. The summed E-state index contributed by atoms with van der Waals surface area (Å²) in [5.41, 5.74) is 7.94. The predicted octanol–water partition coefficient (Wildman–Crippen LogP) is 3.86. The monoisotopic (exact) mass is 281 g/mol. The summed E-state index contributed by atoms with van der Waals surface area (Å²) in [7, 11) is 2.03. The molecule has 1 heterocycles. The van der Waals surface area contributed by atoms with E-state index >= 15 is 0 Å². The number of aryl methyl sites for hydroxylation is 3. The van der Waals surface area contributed by atoms with Crippen molar-refractivity contribution in [1.29, 1.82) is 0 Å². The summed E-state index contributed by atoms with van der Waals surface area (Å²) >= 11 is 0. The highest BCUT2D eigenvalue weighted by Gasteiger charge is 2.24. The minimum atomic E-state index is 0.179. The molecule has 0 spiro atoms. The smallest absolute Gasteiger partial charge is 0.127 e. The van der Waals surface area contributed by atoms with E-state index < -0.39 is 0 Å². The molecule has 110 valence electrons. The Bertz CT molecular complexity index is 652. The van der Waals surface area contributed by atoms with Crippen LogP contribution in [0, 0.1) is 20.8 Å². The topological polar surface area (TPSA) is 21.3 Å². The number of rotatable bonds is 3. The van der Waals surface area contributed by atoms with Gasteiger partial charge in [-0.25, -0.2) is 0 Å². The second-order valence-electron chi connectivity index (χ2n) is 5.97. The first-order chi connectivity index (χ1) is 10.1. The molecule has 0 saturated heterocycles. The first kappa shape index (κ1) is 14.2. The van der Waals surface area contributed by atoms with Crippen molar-refractivity contribution in [2.45, 2.75) is 33.2 Å². The van der Waals surface area contributed by atoms with Crippen LogP contribution in [0.4, 0.5) is 0 Å². The molecule has 2 heteroatoms. The Morgan fingerprint density at radius 3 is 2.48 bits per heavy atom. The highest BCUT2D eigenvalue weighted by atomic mass is 16.5. The lowest BCUT2D eigenvalue weighted by Crippen LogP contribution is -2.20. The first-order valence-corrected chi connectivity index (χ1v) is 7.61. The van der Waals surface area contributed by atoms with Crippen LogP contribution < -0.4 is 10.1 Å². The van der Waals surface area contributed by atoms with E-state index in [1.807, 2.05) is 7.05 Å². The van der Waals surface area contributed by atoms with Crippen molar-refractivity contribution in [2.75, 3.05) is 13.7 Å². The van der Waals surface area contributed by atoms with E-state index in [0.29, 0.717) is 0 Å². The number of para-hydroxylation sites is 1. The van der Waals surface area contributed by atoms with Gasteiger partial charge in [0, 0.05) is 12.0 Å². The molecule has 1 aliphatic heterocycles. The summed E-state index contributed by atoms with van der Waals surface area (Å²) in [4.78, 5) is 0. The number of hydrogen-bond donors (Lipinski definition) is 1. The summed E-state index contributed by atoms with van der Waals surface area (Å²) in [6.07, 6.45) is 1.02. The van der Waals surface area contributed by atoms with Crippen LogP contribution in [0.1, 0.15) is 39.4 Å². The average molecular weight is 281 g/mol. The third-order valence-corrected chi connectivity index (χ3v) is 4.37. The van der Waals surface area contributed by atoms with E-state index in [0.717, 1.165) is 18.8 Å². The van der Waals surface area contributed by atoms with E-state index in [4.69, 9.17) is 4.74 Å².